The molecule has 1 aliphatic rings. The molecule has 1 atom stereocenters. The molecule has 9 heavy (non-hydrogen) atoms. The lowest BCUT2D eigenvalue weighted by Gasteiger charge is -1.97. The SMILES string of the molecule is CC(=O)C1=CCC(C)S1. The van der Waals surface area contributed by atoms with Gasteiger partial charge in [-0.3, -0.25) is 4.79 Å². The zero-order chi connectivity index (χ0) is 6.85. The summed E-state index contributed by atoms with van der Waals surface area (Å²) in [5.74, 6) is 0.212. The first kappa shape index (κ1) is 6.87. The Morgan fingerprint density at radius 3 is 2.78 bits per heavy atom. The van der Waals surface area contributed by atoms with E-state index in [0.29, 0.717) is 5.25 Å². The second-order valence-electron chi connectivity index (χ2n) is 2.29. The van der Waals surface area contributed by atoms with Gasteiger partial charge in [0.25, 0.3) is 0 Å². The number of hydrogen-bond donors (Lipinski definition) is 0. The Morgan fingerprint density at radius 2 is 2.56 bits per heavy atom. The maximum atomic E-state index is 10.7. The van der Waals surface area contributed by atoms with Crippen molar-refractivity contribution in [1.82, 2.24) is 0 Å². The zero-order valence-corrected chi connectivity index (χ0v) is 6.49. The molecule has 1 unspecified atom stereocenters. The summed E-state index contributed by atoms with van der Waals surface area (Å²) >= 11 is 1.69. The Balaban J connectivity index is 2.55. The highest BCUT2D eigenvalue weighted by atomic mass is 32.2. The third-order valence-corrected chi connectivity index (χ3v) is 2.61. The lowest BCUT2D eigenvalue weighted by atomic mass is 10.3. The molecule has 0 aromatic heterocycles. The molecule has 0 N–H and O–H groups in total. The van der Waals surface area contributed by atoms with E-state index in [0.717, 1.165) is 11.3 Å². The van der Waals surface area contributed by atoms with Crippen LogP contribution in [0.25, 0.3) is 0 Å². The van der Waals surface area contributed by atoms with E-state index in [1.54, 1.807) is 18.7 Å². The normalized spacial score (nSPS) is 26.0. The Morgan fingerprint density at radius 1 is 1.89 bits per heavy atom. The van der Waals surface area contributed by atoms with Crippen LogP contribution in [-0.2, 0) is 4.79 Å². The molecule has 0 aliphatic carbocycles. The summed E-state index contributed by atoms with van der Waals surface area (Å²) in [6.45, 7) is 3.76. The Hall–Kier alpha value is -0.240. The summed E-state index contributed by atoms with van der Waals surface area (Å²) in [5.41, 5.74) is 0. The van der Waals surface area contributed by atoms with Crippen molar-refractivity contribution in [3.8, 4) is 0 Å². The Bertz CT molecular complexity index is 160. The third-order valence-electron chi connectivity index (χ3n) is 1.31. The number of rotatable bonds is 1. The molecule has 0 aromatic rings. The fourth-order valence-electron chi connectivity index (χ4n) is 0.813. The van der Waals surface area contributed by atoms with E-state index >= 15 is 0 Å². The van der Waals surface area contributed by atoms with Crippen molar-refractivity contribution >= 4 is 17.5 Å². The van der Waals surface area contributed by atoms with Gasteiger partial charge < -0.3 is 0 Å². The average molecular weight is 142 g/mol. The Kier molecular flexibility index (Phi) is 1.96. The second kappa shape index (κ2) is 2.56. The number of carbonyl (C=O) groups excluding carboxylic acids is 1. The standard InChI is InChI=1S/C7H10OS/c1-5-3-4-7(9-5)6(2)8/h4-5H,3H2,1-2H3. The number of ketones is 1. The van der Waals surface area contributed by atoms with Crippen molar-refractivity contribution in [1.29, 1.82) is 0 Å². The van der Waals surface area contributed by atoms with Gasteiger partial charge >= 0.3 is 0 Å². The third kappa shape index (κ3) is 1.58. The summed E-state index contributed by atoms with van der Waals surface area (Å²) in [6, 6.07) is 0. The van der Waals surface area contributed by atoms with E-state index in [1.165, 1.54) is 0 Å². The minimum absolute atomic E-state index is 0.212. The lowest BCUT2D eigenvalue weighted by Crippen LogP contribution is -1.90. The highest BCUT2D eigenvalue weighted by Crippen LogP contribution is 2.31. The highest BCUT2D eigenvalue weighted by molar-refractivity contribution is 8.04. The lowest BCUT2D eigenvalue weighted by molar-refractivity contribution is -0.112. The van der Waals surface area contributed by atoms with Gasteiger partial charge in [0.15, 0.2) is 5.78 Å². The van der Waals surface area contributed by atoms with Crippen molar-refractivity contribution in [3.05, 3.63) is 11.0 Å². The van der Waals surface area contributed by atoms with Gasteiger partial charge in [-0.15, -0.1) is 11.8 Å². The quantitative estimate of drug-likeness (QED) is 0.557. The molecular weight excluding hydrogens is 132 g/mol. The molecule has 2 heteroatoms. The van der Waals surface area contributed by atoms with Crippen LogP contribution in [0, 0.1) is 0 Å². The van der Waals surface area contributed by atoms with Crippen LogP contribution in [0.15, 0.2) is 11.0 Å². The molecule has 0 radical (unpaired) electrons. The largest absolute Gasteiger partial charge is 0.294 e. The minimum atomic E-state index is 0.212. The van der Waals surface area contributed by atoms with E-state index in [4.69, 9.17) is 0 Å². The summed E-state index contributed by atoms with van der Waals surface area (Å²) in [6.07, 6.45) is 3.08. The zero-order valence-electron chi connectivity index (χ0n) is 5.68. The van der Waals surface area contributed by atoms with Gasteiger partial charge in [-0.2, -0.15) is 0 Å². The smallest absolute Gasteiger partial charge is 0.165 e. The van der Waals surface area contributed by atoms with Crippen LogP contribution in [0.4, 0.5) is 0 Å². The van der Waals surface area contributed by atoms with Crippen LogP contribution >= 0.6 is 11.8 Å². The van der Waals surface area contributed by atoms with Gasteiger partial charge in [-0.05, 0) is 13.3 Å². The summed E-state index contributed by atoms with van der Waals surface area (Å²) in [5, 5.41) is 0.615. The summed E-state index contributed by atoms with van der Waals surface area (Å²) in [4.78, 5) is 11.6. The first-order valence-electron chi connectivity index (χ1n) is 3.08. The van der Waals surface area contributed by atoms with Crippen molar-refractivity contribution in [2.45, 2.75) is 25.5 Å². The molecular formula is C7H10OS. The van der Waals surface area contributed by atoms with Crippen molar-refractivity contribution < 1.29 is 4.79 Å². The molecule has 1 rings (SSSR count). The molecule has 1 heterocycles. The van der Waals surface area contributed by atoms with Crippen LogP contribution in [-0.4, -0.2) is 11.0 Å². The van der Waals surface area contributed by atoms with Gasteiger partial charge in [0.2, 0.25) is 0 Å². The molecule has 1 aliphatic heterocycles. The fraction of sp³-hybridized carbons (Fsp3) is 0.571. The molecule has 0 saturated carbocycles. The maximum absolute atomic E-state index is 10.7. The van der Waals surface area contributed by atoms with E-state index in [1.807, 2.05) is 6.08 Å². The monoisotopic (exact) mass is 142 g/mol. The minimum Gasteiger partial charge on any atom is -0.294 e. The number of Topliss-reactive ketones (excluding diaryl/α,β-unsaturated/α-hetero) is 1. The van der Waals surface area contributed by atoms with Crippen molar-refractivity contribution in [3.63, 3.8) is 0 Å². The molecule has 0 bridgehead atoms. The number of carbonyl (C=O) groups is 1. The van der Waals surface area contributed by atoms with Crippen LogP contribution in [0.3, 0.4) is 0 Å². The second-order valence-corrected chi connectivity index (χ2v) is 3.77. The van der Waals surface area contributed by atoms with Gasteiger partial charge in [0, 0.05) is 10.2 Å². The summed E-state index contributed by atoms with van der Waals surface area (Å²) in [7, 11) is 0. The molecule has 0 amide bonds. The molecule has 0 saturated heterocycles. The van der Waals surface area contributed by atoms with E-state index in [-0.39, 0.29) is 5.78 Å². The van der Waals surface area contributed by atoms with Crippen LogP contribution in [0.2, 0.25) is 0 Å². The fourth-order valence-corrected chi connectivity index (χ4v) is 1.80. The van der Waals surface area contributed by atoms with E-state index in [9.17, 15) is 4.79 Å². The maximum Gasteiger partial charge on any atom is 0.165 e. The predicted molar refractivity (Wildman–Crippen MR) is 40.4 cm³/mol. The topological polar surface area (TPSA) is 17.1 Å². The molecule has 0 spiro atoms. The van der Waals surface area contributed by atoms with Gasteiger partial charge in [0.05, 0.1) is 0 Å². The number of allylic oxidation sites excluding steroid dienone is 2. The van der Waals surface area contributed by atoms with Crippen LogP contribution < -0.4 is 0 Å². The van der Waals surface area contributed by atoms with E-state index < -0.39 is 0 Å². The molecule has 0 fully saturated rings. The Labute approximate surface area is 59.5 Å². The highest BCUT2D eigenvalue weighted by Gasteiger charge is 2.15. The molecule has 0 aromatic carbocycles. The summed E-state index contributed by atoms with van der Waals surface area (Å²) < 4.78 is 0. The predicted octanol–water partition coefficient (Wildman–Crippen LogP) is 1.98. The average Bonchev–Trinajstić information content (AvgIpc) is 2.14. The number of thioether (sulfide) groups is 1. The number of hydrogen-bond acceptors (Lipinski definition) is 2. The first-order chi connectivity index (χ1) is 4.20. The van der Waals surface area contributed by atoms with Gasteiger partial charge in [-0.25, -0.2) is 0 Å². The molecule has 1 nitrogen and oxygen atoms in total. The van der Waals surface area contributed by atoms with Gasteiger partial charge in [0.1, 0.15) is 0 Å². The van der Waals surface area contributed by atoms with Crippen LogP contribution in [0.1, 0.15) is 20.3 Å². The first-order valence-corrected chi connectivity index (χ1v) is 3.96. The van der Waals surface area contributed by atoms with Crippen molar-refractivity contribution in [2.24, 2.45) is 0 Å². The van der Waals surface area contributed by atoms with Crippen molar-refractivity contribution in [2.75, 3.05) is 0 Å². The van der Waals surface area contributed by atoms with E-state index in [2.05, 4.69) is 6.92 Å². The van der Waals surface area contributed by atoms with Crippen LogP contribution in [0.5, 0.6) is 0 Å². The molecule has 50 valence electrons. The van der Waals surface area contributed by atoms with Gasteiger partial charge in [-0.1, -0.05) is 13.0 Å².